The van der Waals surface area contributed by atoms with Gasteiger partial charge in [-0.05, 0) is 45.1 Å². The van der Waals surface area contributed by atoms with E-state index in [-0.39, 0.29) is 5.91 Å². The van der Waals surface area contributed by atoms with E-state index < -0.39 is 0 Å². The number of hydrogen-bond donors (Lipinski definition) is 2. The van der Waals surface area contributed by atoms with Crippen molar-refractivity contribution in [2.45, 2.75) is 47.0 Å². The van der Waals surface area contributed by atoms with Crippen LogP contribution < -0.4 is 5.32 Å². The second kappa shape index (κ2) is 7.77. The predicted molar refractivity (Wildman–Crippen MR) is 88.8 cm³/mol. The van der Waals surface area contributed by atoms with Crippen molar-refractivity contribution < 1.29 is 4.79 Å². The van der Waals surface area contributed by atoms with Gasteiger partial charge in [0.1, 0.15) is 0 Å². The van der Waals surface area contributed by atoms with Gasteiger partial charge < -0.3 is 10.2 Å². The number of H-pyrrole nitrogens is 1. The SMILES string of the molecule is Cc1n[nH]c(C)c1CC(=O)NC[C@H]1CCCN(CC(C)C)C1. The topological polar surface area (TPSA) is 61.0 Å². The normalized spacial score (nSPS) is 19.6. The number of aryl methyl sites for hydroxylation is 2. The highest BCUT2D eigenvalue weighted by atomic mass is 16.1. The van der Waals surface area contributed by atoms with Crippen molar-refractivity contribution in [2.24, 2.45) is 11.8 Å². The molecule has 1 aromatic heterocycles. The van der Waals surface area contributed by atoms with Crippen LogP contribution in [0.2, 0.25) is 0 Å². The third-order valence-corrected chi connectivity index (χ3v) is 4.43. The molecule has 124 valence electrons. The van der Waals surface area contributed by atoms with E-state index in [4.69, 9.17) is 0 Å². The van der Waals surface area contributed by atoms with E-state index >= 15 is 0 Å². The van der Waals surface area contributed by atoms with Gasteiger partial charge >= 0.3 is 0 Å². The highest BCUT2D eigenvalue weighted by Gasteiger charge is 2.21. The molecule has 1 aromatic rings. The van der Waals surface area contributed by atoms with Crippen molar-refractivity contribution in [1.29, 1.82) is 0 Å². The van der Waals surface area contributed by atoms with E-state index in [1.54, 1.807) is 0 Å². The molecule has 0 aromatic carbocycles. The molecule has 1 aliphatic rings. The number of nitrogens with one attached hydrogen (secondary N) is 2. The summed E-state index contributed by atoms with van der Waals surface area (Å²) in [5.41, 5.74) is 2.95. The maximum Gasteiger partial charge on any atom is 0.224 e. The number of likely N-dealkylation sites (tertiary alicyclic amines) is 1. The predicted octanol–water partition coefficient (Wildman–Crippen LogP) is 2.05. The molecule has 0 bridgehead atoms. The molecule has 1 atom stereocenters. The highest BCUT2D eigenvalue weighted by molar-refractivity contribution is 5.79. The summed E-state index contributed by atoms with van der Waals surface area (Å²) >= 11 is 0. The van der Waals surface area contributed by atoms with Gasteiger partial charge in [-0.15, -0.1) is 0 Å². The number of amides is 1. The molecular formula is C17H30N4O. The molecule has 5 heteroatoms. The molecule has 2 rings (SSSR count). The second-order valence-electron chi connectivity index (χ2n) is 7.06. The zero-order valence-corrected chi connectivity index (χ0v) is 14.4. The van der Waals surface area contributed by atoms with Crippen LogP contribution in [-0.2, 0) is 11.2 Å². The lowest BCUT2D eigenvalue weighted by Crippen LogP contribution is -2.42. The van der Waals surface area contributed by atoms with Crippen LogP contribution in [0.4, 0.5) is 0 Å². The van der Waals surface area contributed by atoms with E-state index in [1.165, 1.54) is 19.4 Å². The Balaban J connectivity index is 1.76. The number of nitrogens with zero attached hydrogens (tertiary/aromatic N) is 2. The van der Waals surface area contributed by atoms with Crippen molar-refractivity contribution >= 4 is 5.91 Å². The van der Waals surface area contributed by atoms with Crippen molar-refractivity contribution in [2.75, 3.05) is 26.2 Å². The zero-order chi connectivity index (χ0) is 16.1. The fraction of sp³-hybridized carbons (Fsp3) is 0.765. The summed E-state index contributed by atoms with van der Waals surface area (Å²) in [5.74, 6) is 1.40. The van der Waals surface area contributed by atoms with Crippen LogP contribution in [-0.4, -0.2) is 47.2 Å². The Morgan fingerprint density at radius 1 is 1.45 bits per heavy atom. The van der Waals surface area contributed by atoms with Crippen LogP contribution in [0.5, 0.6) is 0 Å². The molecule has 0 aliphatic carbocycles. The summed E-state index contributed by atoms with van der Waals surface area (Å²) in [5, 5.41) is 10.2. The molecule has 0 unspecified atom stereocenters. The van der Waals surface area contributed by atoms with Crippen LogP contribution in [0.1, 0.15) is 43.6 Å². The minimum Gasteiger partial charge on any atom is -0.355 e. The van der Waals surface area contributed by atoms with E-state index in [9.17, 15) is 4.79 Å². The Hall–Kier alpha value is -1.36. The third kappa shape index (κ3) is 4.83. The smallest absolute Gasteiger partial charge is 0.224 e. The van der Waals surface area contributed by atoms with E-state index in [0.717, 1.165) is 36.6 Å². The summed E-state index contributed by atoms with van der Waals surface area (Å²) in [6, 6.07) is 0. The monoisotopic (exact) mass is 306 g/mol. The molecule has 1 amide bonds. The van der Waals surface area contributed by atoms with Gasteiger partial charge in [0.15, 0.2) is 0 Å². The van der Waals surface area contributed by atoms with Gasteiger partial charge in [-0.1, -0.05) is 13.8 Å². The minimum absolute atomic E-state index is 0.105. The number of piperidine rings is 1. The third-order valence-electron chi connectivity index (χ3n) is 4.43. The van der Waals surface area contributed by atoms with Crippen molar-refractivity contribution in [1.82, 2.24) is 20.4 Å². The molecule has 5 nitrogen and oxygen atoms in total. The van der Waals surface area contributed by atoms with Crippen LogP contribution in [0.3, 0.4) is 0 Å². The van der Waals surface area contributed by atoms with Gasteiger partial charge in [0.2, 0.25) is 5.91 Å². The number of hydrogen-bond acceptors (Lipinski definition) is 3. The van der Waals surface area contributed by atoms with E-state index in [2.05, 4.69) is 34.3 Å². The van der Waals surface area contributed by atoms with Crippen LogP contribution in [0, 0.1) is 25.7 Å². The Morgan fingerprint density at radius 2 is 2.23 bits per heavy atom. The first kappa shape index (κ1) is 17.0. The Labute approximate surface area is 133 Å². The average molecular weight is 306 g/mol. The molecule has 22 heavy (non-hydrogen) atoms. The maximum absolute atomic E-state index is 12.2. The number of carbonyl (C=O) groups excluding carboxylic acids is 1. The summed E-state index contributed by atoms with van der Waals surface area (Å²) in [4.78, 5) is 14.7. The average Bonchev–Trinajstić information content (AvgIpc) is 2.77. The molecule has 2 heterocycles. The number of aromatic nitrogens is 2. The van der Waals surface area contributed by atoms with E-state index in [1.807, 2.05) is 13.8 Å². The Morgan fingerprint density at radius 3 is 2.86 bits per heavy atom. The fourth-order valence-corrected chi connectivity index (χ4v) is 3.32. The molecule has 1 fully saturated rings. The van der Waals surface area contributed by atoms with Gasteiger partial charge in [-0.2, -0.15) is 5.10 Å². The van der Waals surface area contributed by atoms with Gasteiger partial charge in [-0.3, -0.25) is 9.89 Å². The summed E-state index contributed by atoms with van der Waals surface area (Å²) in [7, 11) is 0. The summed E-state index contributed by atoms with van der Waals surface area (Å²) < 4.78 is 0. The highest BCUT2D eigenvalue weighted by Crippen LogP contribution is 2.17. The minimum atomic E-state index is 0.105. The van der Waals surface area contributed by atoms with Crippen LogP contribution in [0.25, 0.3) is 0 Å². The molecular weight excluding hydrogens is 276 g/mol. The molecule has 0 spiro atoms. The van der Waals surface area contributed by atoms with Gasteiger partial charge in [0.25, 0.3) is 0 Å². The van der Waals surface area contributed by atoms with E-state index in [0.29, 0.717) is 18.3 Å². The standard InChI is InChI=1S/C17H30N4O/c1-12(2)10-21-7-5-6-15(11-21)9-18-17(22)8-16-13(3)19-20-14(16)4/h12,15H,5-11H2,1-4H3,(H,18,22)(H,19,20)/t15-/m1/s1. The lowest BCUT2D eigenvalue weighted by molar-refractivity contribution is -0.120. The van der Waals surface area contributed by atoms with Crippen molar-refractivity contribution in [3.8, 4) is 0 Å². The number of rotatable bonds is 6. The first-order chi connectivity index (χ1) is 10.5. The maximum atomic E-state index is 12.2. The quantitative estimate of drug-likeness (QED) is 0.845. The van der Waals surface area contributed by atoms with Crippen LogP contribution in [0.15, 0.2) is 0 Å². The largest absolute Gasteiger partial charge is 0.355 e. The number of carbonyl (C=O) groups is 1. The van der Waals surface area contributed by atoms with Gasteiger partial charge in [-0.25, -0.2) is 0 Å². The molecule has 0 radical (unpaired) electrons. The summed E-state index contributed by atoms with van der Waals surface area (Å²) in [6.45, 7) is 12.7. The molecule has 2 N–H and O–H groups in total. The zero-order valence-electron chi connectivity index (χ0n) is 14.4. The van der Waals surface area contributed by atoms with Gasteiger partial charge in [0.05, 0.1) is 12.1 Å². The van der Waals surface area contributed by atoms with Crippen LogP contribution >= 0.6 is 0 Å². The Kier molecular flexibility index (Phi) is 6.00. The summed E-state index contributed by atoms with van der Waals surface area (Å²) in [6.07, 6.45) is 2.89. The molecule has 1 saturated heterocycles. The first-order valence-electron chi connectivity index (χ1n) is 8.45. The second-order valence-corrected chi connectivity index (χ2v) is 7.06. The number of aromatic amines is 1. The first-order valence-corrected chi connectivity index (χ1v) is 8.45. The van der Waals surface area contributed by atoms with Crippen molar-refractivity contribution in [3.05, 3.63) is 17.0 Å². The van der Waals surface area contributed by atoms with Gasteiger partial charge in [0, 0.05) is 30.9 Å². The molecule has 0 saturated carbocycles. The van der Waals surface area contributed by atoms with Crippen molar-refractivity contribution in [3.63, 3.8) is 0 Å². The Bertz CT molecular complexity index is 475. The lowest BCUT2D eigenvalue weighted by Gasteiger charge is -2.33. The lowest BCUT2D eigenvalue weighted by atomic mass is 9.97. The fourth-order valence-electron chi connectivity index (χ4n) is 3.32. The molecule has 1 aliphatic heterocycles.